The van der Waals surface area contributed by atoms with E-state index in [4.69, 9.17) is 69.8 Å². The average molecular weight is 1440 g/mol. The Hall–Kier alpha value is -0.640. The van der Waals surface area contributed by atoms with Crippen molar-refractivity contribution >= 4 is 0 Å². The van der Waals surface area contributed by atoms with Gasteiger partial charge in [0.1, 0.15) is 0 Å². The summed E-state index contributed by atoms with van der Waals surface area (Å²) >= 11 is 0. The Morgan fingerprint density at radius 3 is 0.680 bits per heavy atom. The number of hydrogen-bond acceptors (Lipinski definition) is 16. The van der Waals surface area contributed by atoms with Crippen molar-refractivity contribution in [3.63, 3.8) is 0 Å². The van der Waals surface area contributed by atoms with Crippen LogP contribution in [0.15, 0.2) is 0 Å². The van der Waals surface area contributed by atoms with E-state index in [1.165, 1.54) is 141 Å². The molecule has 5 aliphatic heterocycles. The smallest absolute Gasteiger partial charge is 0.0678 e. The number of nitrogens with one attached hydrogen (secondary N) is 7. The lowest BCUT2D eigenvalue weighted by atomic mass is 9.53. The summed E-state index contributed by atoms with van der Waals surface area (Å²) in [5.41, 5.74) is 0. The molecular weight excluding hydrogens is 1290 g/mol. The van der Waals surface area contributed by atoms with E-state index in [2.05, 4.69) is 73.0 Å². The van der Waals surface area contributed by atoms with E-state index in [0.29, 0.717) is 47.3 Å². The van der Waals surface area contributed by atoms with Crippen molar-refractivity contribution in [3.05, 3.63) is 0 Å². The first-order valence-electron chi connectivity index (χ1n) is 45.5. The second kappa shape index (κ2) is 34.8. The molecule has 16 fully saturated rings. The van der Waals surface area contributed by atoms with Crippen LogP contribution in [-0.4, -0.2) is 164 Å². The Balaban J connectivity index is 0.888. The summed E-state index contributed by atoms with van der Waals surface area (Å²) in [6, 6.07) is 0. The zero-order chi connectivity index (χ0) is 70.4. The van der Waals surface area contributed by atoms with Crippen LogP contribution in [0.25, 0.3) is 0 Å². The van der Waals surface area contributed by atoms with Gasteiger partial charge in [0.05, 0.1) is 98.2 Å². The first-order valence-corrected chi connectivity index (χ1v) is 45.5. The minimum absolute atomic E-state index is 0.0192. The number of nitrogens with zero attached hydrogens (tertiary/aromatic N) is 1. The van der Waals surface area contributed by atoms with E-state index in [9.17, 15) is 0 Å². The quantitative estimate of drug-likeness (QED) is 0.0410. The number of hydrogen-bond donors (Lipinski definition) is 7. The van der Waals surface area contributed by atoms with Gasteiger partial charge in [-0.25, -0.2) is 0 Å². The maximum atomic E-state index is 7.97. The zero-order valence-electron chi connectivity index (χ0n) is 66.4. The fraction of sp³-hybridized carbons (Fsp3) is 1.00. The van der Waals surface area contributed by atoms with E-state index in [1.807, 2.05) is 0 Å². The van der Waals surface area contributed by atoms with Gasteiger partial charge in [0, 0.05) is 101 Å². The van der Waals surface area contributed by atoms with Crippen LogP contribution in [0.2, 0.25) is 0 Å². The highest BCUT2D eigenvalue weighted by Gasteiger charge is 2.70. The predicted octanol–water partition coefficient (Wildman–Crippen LogP) is 14.2. The molecule has 16 heteroatoms. The summed E-state index contributed by atoms with van der Waals surface area (Å²) in [7, 11) is 6.69. The number of ether oxygens (including phenoxy) is 8. The number of unbranched alkanes of at least 4 members (excludes halogenated alkanes) is 6. The second-order valence-corrected chi connectivity index (χ2v) is 38.2. The predicted molar refractivity (Wildman–Crippen MR) is 408 cm³/mol. The summed E-state index contributed by atoms with van der Waals surface area (Å²) < 4.78 is 61.9. The Morgan fingerprint density at radius 1 is 0.252 bits per heavy atom. The first kappa shape index (κ1) is 76.4. The lowest BCUT2D eigenvalue weighted by Crippen LogP contribution is -2.64. The summed E-state index contributed by atoms with van der Waals surface area (Å²) in [6.45, 7) is 19.1. The zero-order valence-corrected chi connectivity index (χ0v) is 66.4. The molecule has 0 radical (unpaired) electrons. The molecule has 5 heterocycles. The molecule has 38 unspecified atom stereocenters. The van der Waals surface area contributed by atoms with E-state index < -0.39 is 0 Å². The summed E-state index contributed by atoms with van der Waals surface area (Å²) in [5, 5.41) is 33.5. The van der Waals surface area contributed by atoms with Crippen LogP contribution in [0.1, 0.15) is 260 Å². The topological polar surface area (TPSA) is 161 Å². The van der Waals surface area contributed by atoms with Gasteiger partial charge in [-0.3, -0.25) is 42.1 Å². The molecule has 38 atom stereocenters. The molecule has 11 aliphatic carbocycles. The van der Waals surface area contributed by atoms with Crippen LogP contribution in [0.3, 0.4) is 0 Å². The molecule has 16 aliphatic rings. The fourth-order valence-corrected chi connectivity index (χ4v) is 28.8. The van der Waals surface area contributed by atoms with E-state index >= 15 is 0 Å². The number of fused-ring (bicyclic) bond motifs is 27. The highest BCUT2D eigenvalue weighted by Crippen LogP contribution is 2.63. The van der Waals surface area contributed by atoms with Gasteiger partial charge in [0.15, 0.2) is 0 Å². The van der Waals surface area contributed by atoms with Crippen LogP contribution in [0.4, 0.5) is 0 Å². The molecule has 0 aromatic carbocycles. The molecular formula is C87H152N8O8. The fourth-order valence-electron chi connectivity index (χ4n) is 28.8. The Morgan fingerprint density at radius 2 is 0.456 bits per heavy atom. The average Bonchev–Trinajstić information content (AvgIpc) is 1.60. The Labute approximate surface area is 626 Å². The van der Waals surface area contributed by atoms with E-state index in [0.717, 1.165) is 152 Å². The first-order chi connectivity index (χ1) is 50.7. The van der Waals surface area contributed by atoms with Crippen molar-refractivity contribution < 1.29 is 37.9 Å². The van der Waals surface area contributed by atoms with Gasteiger partial charge in [-0.2, -0.15) is 0 Å². The highest BCUT2D eigenvalue weighted by molar-refractivity contribution is 5.21. The largest absolute Gasteiger partial charge is 0.381 e. The van der Waals surface area contributed by atoms with Gasteiger partial charge in [0.25, 0.3) is 0 Å². The van der Waals surface area contributed by atoms with Crippen LogP contribution >= 0.6 is 0 Å². The molecule has 16 nitrogen and oxygen atoms in total. The molecule has 11 saturated carbocycles. The third-order valence-electron chi connectivity index (χ3n) is 33.2. The van der Waals surface area contributed by atoms with Crippen molar-refractivity contribution in [2.24, 2.45) is 130 Å². The normalized spacial score (nSPS) is 50.4. The Bertz CT molecular complexity index is 2460. The molecule has 7 N–H and O–H groups in total. The highest BCUT2D eigenvalue weighted by atomic mass is 16.5. The van der Waals surface area contributed by atoms with Crippen LogP contribution in [-0.2, 0) is 37.9 Å². The van der Waals surface area contributed by atoms with Crippen molar-refractivity contribution in [3.8, 4) is 0 Å². The lowest BCUT2D eigenvalue weighted by Gasteiger charge is -2.57. The molecule has 0 aromatic heterocycles. The van der Waals surface area contributed by atoms with Gasteiger partial charge >= 0.3 is 0 Å². The van der Waals surface area contributed by atoms with Crippen molar-refractivity contribution in [1.29, 1.82) is 0 Å². The van der Waals surface area contributed by atoms with Gasteiger partial charge in [-0.15, -0.1) is 0 Å². The minimum atomic E-state index is -0.0732. The van der Waals surface area contributed by atoms with Crippen molar-refractivity contribution in [2.45, 2.75) is 358 Å². The lowest BCUT2D eigenvalue weighted by molar-refractivity contribution is -0.193. The summed E-state index contributed by atoms with van der Waals surface area (Å²) in [5.74, 6) is 9.41. The third kappa shape index (κ3) is 14.6. The maximum absolute atomic E-state index is 7.97. The number of rotatable bonds is 26. The van der Waals surface area contributed by atoms with Crippen LogP contribution in [0, 0.1) is 130 Å². The van der Waals surface area contributed by atoms with Gasteiger partial charge < -0.3 is 37.9 Å². The third-order valence-corrected chi connectivity index (χ3v) is 33.2. The van der Waals surface area contributed by atoms with Crippen LogP contribution in [0.5, 0.6) is 0 Å². The molecule has 588 valence electrons. The molecule has 0 amide bonds. The van der Waals surface area contributed by atoms with Gasteiger partial charge in [-0.05, 0) is 180 Å². The van der Waals surface area contributed by atoms with Gasteiger partial charge in [0.2, 0.25) is 0 Å². The van der Waals surface area contributed by atoms with Gasteiger partial charge in [-0.1, -0.05) is 170 Å². The monoisotopic (exact) mass is 1440 g/mol. The number of methoxy groups -OCH3 is 2. The standard InChI is InChI=1S/C87H152N8O8/c1-10-16-38-98-74-58-44-50-30-22-24-32-52(50)46-60(58)76(100-40-18-12-3)68-66(74)82-89-80-64-65(73(97-9)57-37-29-28-36-56(57)72(64)96-8)81(88-80)90-83-67-69(77(101-41-19-13-4)61-47-53-33-25-23-31-51(53)45-59(61)75(67)99-39-17-11-2)85(92-83)94-87-71-70(86(95(87)7)93-84(68)91-82)78(102-42-20-14-5)62-48-54-34-26-27-35-55(54)49-63(62)79(71)103-43-21-15-6/h50-94H,10-49H2,1-9H3. The van der Waals surface area contributed by atoms with Crippen molar-refractivity contribution in [1.82, 2.24) is 42.1 Å². The molecule has 0 spiro atoms. The molecule has 5 saturated heterocycles. The Kier molecular flexibility index (Phi) is 25.8. The van der Waals surface area contributed by atoms with Crippen LogP contribution < -0.4 is 37.2 Å². The minimum Gasteiger partial charge on any atom is -0.381 e. The molecule has 0 aromatic rings. The van der Waals surface area contributed by atoms with E-state index in [-0.39, 0.29) is 146 Å². The van der Waals surface area contributed by atoms with Crippen molar-refractivity contribution in [2.75, 3.05) is 60.9 Å². The molecule has 8 bridgehead atoms. The molecule has 16 rings (SSSR count). The second-order valence-electron chi connectivity index (χ2n) is 38.2. The molecule has 103 heavy (non-hydrogen) atoms. The maximum Gasteiger partial charge on any atom is 0.0678 e. The SMILES string of the molecule is CCCCOC1C2CC3CCCCC3CC2C(OCCCC)C2C3NC(NC4NC(NC5NC(NC6C7C(OCCCC)C8CC9CCCCC9CC8C(OCCCC)C7C(N3)N6C)C3C(OCCCC)C6CC7CCCCC7CC6C(OCCCC)C53)C3C(OC)C5CCCCC5C(OC)C43)C12. The summed E-state index contributed by atoms with van der Waals surface area (Å²) in [4.78, 5) is 2.89. The van der Waals surface area contributed by atoms with E-state index in [1.54, 1.807) is 0 Å². The summed E-state index contributed by atoms with van der Waals surface area (Å²) in [6.07, 6.45) is 42.7.